The van der Waals surface area contributed by atoms with Crippen LogP contribution in [0.2, 0.25) is 0 Å². The van der Waals surface area contributed by atoms with Crippen molar-refractivity contribution in [3.05, 3.63) is 114 Å². The van der Waals surface area contributed by atoms with Gasteiger partial charge in [-0.05, 0) is 13.0 Å². The van der Waals surface area contributed by atoms with E-state index in [1.165, 1.54) is 0 Å². The van der Waals surface area contributed by atoms with Gasteiger partial charge in [0.1, 0.15) is 5.78 Å². The van der Waals surface area contributed by atoms with Crippen molar-refractivity contribution in [1.82, 2.24) is 0 Å². The van der Waals surface area contributed by atoms with Gasteiger partial charge in [0.2, 0.25) is 0 Å². The molecule has 0 atom stereocenters. The van der Waals surface area contributed by atoms with E-state index in [2.05, 4.69) is 0 Å². The molecule has 3 aromatic rings. The third-order valence-electron chi connectivity index (χ3n) is 3.46. The molecule has 0 unspecified atom stereocenters. The van der Waals surface area contributed by atoms with Gasteiger partial charge in [-0.3, -0.25) is 4.79 Å². The summed E-state index contributed by atoms with van der Waals surface area (Å²) in [5.74, 6) is 0.160. The molecule has 3 heteroatoms. The fourth-order valence-electron chi connectivity index (χ4n) is 2.12. The molecule has 0 aromatic heterocycles. The van der Waals surface area contributed by atoms with E-state index in [0.717, 1.165) is 11.1 Å². The molecule has 0 bridgehead atoms. The van der Waals surface area contributed by atoms with Crippen LogP contribution in [0.1, 0.15) is 33.2 Å². The molecule has 138 valence electrons. The van der Waals surface area contributed by atoms with E-state index in [4.69, 9.17) is 0 Å². The van der Waals surface area contributed by atoms with Gasteiger partial charge in [-0.1, -0.05) is 35.9 Å². The number of Topliss-reactive ketones (excluding diaryl/α,β-unsaturated/α-hetero) is 1. The summed E-state index contributed by atoms with van der Waals surface area (Å²) in [4.78, 5) is 22.2. The molecule has 2 nitrogen and oxygen atoms in total. The van der Waals surface area contributed by atoms with E-state index in [1.54, 1.807) is 19.1 Å². The van der Waals surface area contributed by atoms with Gasteiger partial charge in [-0.2, -0.15) is 12.1 Å². The molecule has 0 N–H and O–H groups in total. The first kappa shape index (κ1) is 21.3. The molecule has 0 heterocycles. The summed E-state index contributed by atoms with van der Waals surface area (Å²) < 4.78 is 0. The van der Waals surface area contributed by atoms with E-state index in [1.807, 2.05) is 91.0 Å². The van der Waals surface area contributed by atoms with Crippen LogP contribution in [0.3, 0.4) is 0 Å². The molecular weight excluding hydrogens is 364 g/mol. The Balaban J connectivity index is 0.000000318. The average molecular weight is 384 g/mol. The fourth-order valence-corrected chi connectivity index (χ4v) is 2.12. The van der Waals surface area contributed by atoms with E-state index in [-0.39, 0.29) is 28.6 Å². The van der Waals surface area contributed by atoms with Crippen LogP contribution in [0.25, 0.3) is 6.08 Å². The van der Waals surface area contributed by atoms with E-state index in [9.17, 15) is 9.59 Å². The minimum Gasteiger partial charge on any atom is -0.686 e. The molecule has 0 aliphatic carbocycles. The Bertz CT molecular complexity index is 824. The third-order valence-corrected chi connectivity index (χ3v) is 3.46. The zero-order chi connectivity index (χ0) is 17.9. The zero-order valence-electron chi connectivity index (χ0n) is 14.5. The maximum atomic E-state index is 11.7. The predicted octanol–water partition coefficient (Wildman–Crippen LogP) is 5.46. The van der Waals surface area contributed by atoms with Crippen molar-refractivity contribution < 1.29 is 26.7 Å². The van der Waals surface area contributed by atoms with Gasteiger partial charge in [0, 0.05) is 22.6 Å². The fraction of sp³-hybridized carbons (Fsp3) is 0.0435. The Morgan fingerprint density at radius 2 is 1.54 bits per heavy atom. The molecule has 0 aliphatic rings. The van der Waals surface area contributed by atoms with Crippen LogP contribution in [0, 0.1) is 0 Å². The summed E-state index contributed by atoms with van der Waals surface area (Å²) >= 11 is 0. The standard InChI is InChI=1S/C16H13O.C7H7O.Fe/c17-16(15-11-2-1-3-12-15)13-7-6-10-14-8-4-5-9-14;1-6(8)7-4-2-3-5-7;/h1-13H;2-5H,1H3;/q-5;-1;. The first-order valence-corrected chi connectivity index (χ1v) is 8.05. The molecule has 0 spiro atoms. The maximum Gasteiger partial charge on any atom is 0.183 e. The van der Waals surface area contributed by atoms with Gasteiger partial charge in [0.15, 0.2) is 5.78 Å². The molecule has 0 saturated heterocycles. The van der Waals surface area contributed by atoms with E-state index < -0.39 is 0 Å². The van der Waals surface area contributed by atoms with Gasteiger partial charge in [-0.15, -0.1) is 0 Å². The second-order valence-corrected chi connectivity index (χ2v) is 5.40. The summed E-state index contributed by atoms with van der Waals surface area (Å²) in [5.41, 5.74) is 2.65. The van der Waals surface area contributed by atoms with Crippen LogP contribution in [0.5, 0.6) is 0 Å². The van der Waals surface area contributed by atoms with Gasteiger partial charge in [0.05, 0.1) is 0 Å². The Kier molecular flexibility index (Phi) is 9.63. The van der Waals surface area contributed by atoms with Gasteiger partial charge in [-0.25, -0.2) is 18.2 Å². The van der Waals surface area contributed by atoms with Crippen LogP contribution >= 0.6 is 0 Å². The number of benzene rings is 1. The zero-order valence-corrected chi connectivity index (χ0v) is 15.6. The summed E-state index contributed by atoms with van der Waals surface area (Å²) in [7, 11) is 0. The molecule has 0 aliphatic heterocycles. The Hall–Kier alpha value is -2.74. The van der Waals surface area contributed by atoms with Crippen LogP contribution in [-0.2, 0) is 17.1 Å². The normalized spacial score (nSPS) is 10.2. The Labute approximate surface area is 165 Å². The number of carbonyl (C=O) groups is 2. The maximum absolute atomic E-state index is 11.7. The Morgan fingerprint density at radius 3 is 2.08 bits per heavy atom. The van der Waals surface area contributed by atoms with Crippen molar-refractivity contribution in [2.24, 2.45) is 0 Å². The first-order valence-electron chi connectivity index (χ1n) is 8.05. The van der Waals surface area contributed by atoms with Crippen molar-refractivity contribution >= 4 is 17.6 Å². The molecular formula is C23H20FeO2-6. The monoisotopic (exact) mass is 384 g/mol. The number of allylic oxidation sites excluding steroid dienone is 3. The molecule has 26 heavy (non-hydrogen) atoms. The largest absolute Gasteiger partial charge is 0.686 e. The molecule has 0 radical (unpaired) electrons. The summed E-state index contributed by atoms with van der Waals surface area (Å²) in [6.45, 7) is 1.56. The molecule has 0 fully saturated rings. The van der Waals surface area contributed by atoms with Crippen LogP contribution in [0.15, 0.2) is 97.1 Å². The third kappa shape index (κ3) is 7.43. The number of hydrogen-bond acceptors (Lipinski definition) is 2. The molecule has 0 amide bonds. The summed E-state index contributed by atoms with van der Waals surface area (Å²) in [6, 6.07) is 24.6. The van der Waals surface area contributed by atoms with Crippen molar-refractivity contribution in [2.75, 3.05) is 0 Å². The van der Waals surface area contributed by atoms with Crippen molar-refractivity contribution in [2.45, 2.75) is 6.92 Å². The first-order chi connectivity index (χ1) is 12.2. The van der Waals surface area contributed by atoms with Gasteiger partial charge in [0.25, 0.3) is 0 Å². The topological polar surface area (TPSA) is 34.1 Å². The summed E-state index contributed by atoms with van der Waals surface area (Å²) in [5, 5.41) is 0. The quantitative estimate of drug-likeness (QED) is 0.192. The molecule has 3 rings (SSSR count). The van der Waals surface area contributed by atoms with E-state index in [0.29, 0.717) is 5.56 Å². The van der Waals surface area contributed by atoms with E-state index >= 15 is 0 Å². The summed E-state index contributed by atoms with van der Waals surface area (Å²) in [6.07, 6.45) is 7.18. The number of rotatable bonds is 5. The second kappa shape index (κ2) is 11.8. The van der Waals surface area contributed by atoms with Crippen LogP contribution in [-0.4, -0.2) is 11.6 Å². The molecule has 0 saturated carbocycles. The smallest absolute Gasteiger partial charge is 0.183 e. The second-order valence-electron chi connectivity index (χ2n) is 5.40. The SMILES string of the molecule is CC(=O)[c-]1cccc1.O=C(C=CC=C[c-]1[cH-][cH-][cH-][cH-]1)c1ccccc1.[Fe]. The van der Waals surface area contributed by atoms with Gasteiger partial charge < -0.3 is 46.8 Å². The van der Waals surface area contributed by atoms with Gasteiger partial charge >= 0.3 is 0 Å². The minimum atomic E-state index is 0. The average Bonchev–Trinajstić information content (AvgIpc) is 3.33. The predicted molar refractivity (Wildman–Crippen MR) is 103 cm³/mol. The van der Waals surface area contributed by atoms with Crippen molar-refractivity contribution in [3.8, 4) is 0 Å². The van der Waals surface area contributed by atoms with Crippen LogP contribution < -0.4 is 0 Å². The van der Waals surface area contributed by atoms with Crippen molar-refractivity contribution in [3.63, 3.8) is 0 Å². The number of carbonyl (C=O) groups excluding carboxylic acids is 2. The Morgan fingerprint density at radius 1 is 0.923 bits per heavy atom. The van der Waals surface area contributed by atoms with Crippen molar-refractivity contribution in [1.29, 1.82) is 0 Å². The number of ketones is 2. The molecule has 3 aromatic carbocycles. The van der Waals surface area contributed by atoms with Crippen LogP contribution in [0.4, 0.5) is 0 Å². The minimum absolute atomic E-state index is 0. The number of hydrogen-bond donors (Lipinski definition) is 0.